The fourth-order valence-electron chi connectivity index (χ4n) is 1.89. The van der Waals surface area contributed by atoms with Crippen molar-refractivity contribution in [1.29, 1.82) is 0 Å². The minimum atomic E-state index is -0.107. The molecule has 6 nitrogen and oxygen atoms in total. The molecule has 0 spiro atoms. The van der Waals surface area contributed by atoms with Crippen LogP contribution in [0.1, 0.15) is 6.42 Å². The van der Waals surface area contributed by atoms with Crippen molar-refractivity contribution < 1.29 is 4.74 Å². The number of aromatic nitrogens is 3. The van der Waals surface area contributed by atoms with Crippen LogP contribution in [0, 0.1) is 0 Å². The SMILES string of the molecule is COCCCN(C)Cn1nnc2ccccc2c1=O. The molecule has 2 aromatic rings. The molecule has 0 unspecified atom stereocenters. The van der Waals surface area contributed by atoms with Crippen LogP contribution in [0.2, 0.25) is 0 Å². The molecule has 19 heavy (non-hydrogen) atoms. The topological polar surface area (TPSA) is 60.2 Å². The minimum absolute atomic E-state index is 0.107. The molecular weight excluding hydrogens is 244 g/mol. The summed E-state index contributed by atoms with van der Waals surface area (Å²) in [6, 6.07) is 7.24. The van der Waals surface area contributed by atoms with Crippen LogP contribution < -0.4 is 5.56 Å². The van der Waals surface area contributed by atoms with E-state index in [-0.39, 0.29) is 5.56 Å². The summed E-state index contributed by atoms with van der Waals surface area (Å²) in [4.78, 5) is 14.2. The molecule has 1 aromatic carbocycles. The van der Waals surface area contributed by atoms with Gasteiger partial charge >= 0.3 is 0 Å². The monoisotopic (exact) mass is 262 g/mol. The van der Waals surface area contributed by atoms with Crippen molar-refractivity contribution in [3.63, 3.8) is 0 Å². The zero-order chi connectivity index (χ0) is 13.7. The molecule has 102 valence electrons. The molecule has 0 saturated carbocycles. The van der Waals surface area contributed by atoms with Gasteiger partial charge in [-0.3, -0.25) is 9.69 Å². The zero-order valence-electron chi connectivity index (χ0n) is 11.2. The second-order valence-corrected chi connectivity index (χ2v) is 4.48. The summed E-state index contributed by atoms with van der Waals surface area (Å²) in [6.45, 7) is 1.98. The number of hydrogen-bond donors (Lipinski definition) is 0. The fourth-order valence-corrected chi connectivity index (χ4v) is 1.89. The van der Waals surface area contributed by atoms with Crippen molar-refractivity contribution in [1.82, 2.24) is 19.9 Å². The third-order valence-corrected chi connectivity index (χ3v) is 2.89. The molecule has 0 fully saturated rings. The number of hydrogen-bond acceptors (Lipinski definition) is 5. The lowest BCUT2D eigenvalue weighted by Crippen LogP contribution is -2.33. The van der Waals surface area contributed by atoms with Crippen LogP contribution in [0.5, 0.6) is 0 Å². The quantitative estimate of drug-likeness (QED) is 0.718. The Labute approximate surface area is 111 Å². The molecule has 0 aliphatic heterocycles. The lowest BCUT2D eigenvalue weighted by atomic mass is 10.2. The second-order valence-electron chi connectivity index (χ2n) is 4.48. The van der Waals surface area contributed by atoms with Crippen molar-refractivity contribution in [2.75, 3.05) is 27.3 Å². The van der Waals surface area contributed by atoms with E-state index in [0.717, 1.165) is 13.0 Å². The van der Waals surface area contributed by atoms with Gasteiger partial charge in [-0.05, 0) is 25.6 Å². The lowest BCUT2D eigenvalue weighted by Gasteiger charge is -2.16. The fraction of sp³-hybridized carbons (Fsp3) is 0.462. The first-order chi connectivity index (χ1) is 9.22. The molecule has 6 heteroatoms. The van der Waals surface area contributed by atoms with Crippen molar-refractivity contribution in [2.45, 2.75) is 13.1 Å². The maximum atomic E-state index is 12.2. The Balaban J connectivity index is 2.13. The summed E-state index contributed by atoms with van der Waals surface area (Å²) in [6.07, 6.45) is 0.919. The highest BCUT2D eigenvalue weighted by Gasteiger charge is 2.06. The van der Waals surface area contributed by atoms with Gasteiger partial charge in [0.2, 0.25) is 0 Å². The molecule has 0 saturated heterocycles. The summed E-state index contributed by atoms with van der Waals surface area (Å²) >= 11 is 0. The maximum absolute atomic E-state index is 12.2. The molecule has 2 rings (SSSR count). The van der Waals surface area contributed by atoms with E-state index in [1.165, 1.54) is 4.68 Å². The third kappa shape index (κ3) is 3.36. The lowest BCUT2D eigenvalue weighted by molar-refractivity contribution is 0.166. The first kappa shape index (κ1) is 13.6. The van der Waals surface area contributed by atoms with Crippen molar-refractivity contribution >= 4 is 10.9 Å². The molecule has 0 bridgehead atoms. The highest BCUT2D eigenvalue weighted by atomic mass is 16.5. The molecule has 0 radical (unpaired) electrons. The molecule has 0 atom stereocenters. The summed E-state index contributed by atoms with van der Waals surface area (Å²) in [7, 11) is 3.62. The van der Waals surface area contributed by atoms with Crippen molar-refractivity contribution in [3.8, 4) is 0 Å². The highest BCUT2D eigenvalue weighted by molar-refractivity contribution is 5.76. The molecular formula is C13H18N4O2. The smallest absolute Gasteiger partial charge is 0.278 e. The van der Waals surface area contributed by atoms with Gasteiger partial charge in [0.1, 0.15) is 5.52 Å². The van der Waals surface area contributed by atoms with E-state index >= 15 is 0 Å². The number of benzene rings is 1. The largest absolute Gasteiger partial charge is 0.385 e. The van der Waals surface area contributed by atoms with Gasteiger partial charge in [-0.1, -0.05) is 17.3 Å². The predicted octanol–water partition coefficient (Wildman–Crippen LogP) is 0.717. The number of rotatable bonds is 6. The third-order valence-electron chi connectivity index (χ3n) is 2.89. The van der Waals surface area contributed by atoms with E-state index in [1.807, 2.05) is 24.1 Å². The van der Waals surface area contributed by atoms with Gasteiger partial charge in [0.05, 0.1) is 12.1 Å². The van der Waals surface area contributed by atoms with Crippen LogP contribution in [-0.4, -0.2) is 47.2 Å². The van der Waals surface area contributed by atoms with Crippen LogP contribution >= 0.6 is 0 Å². The van der Waals surface area contributed by atoms with Crippen molar-refractivity contribution in [2.24, 2.45) is 0 Å². The summed E-state index contributed by atoms with van der Waals surface area (Å²) in [5, 5.41) is 8.61. The Morgan fingerprint density at radius 2 is 2.16 bits per heavy atom. The van der Waals surface area contributed by atoms with Crippen molar-refractivity contribution in [3.05, 3.63) is 34.6 Å². The van der Waals surface area contributed by atoms with Gasteiger partial charge < -0.3 is 4.74 Å². The maximum Gasteiger partial charge on any atom is 0.278 e. The summed E-state index contributed by atoms with van der Waals surface area (Å²) in [5.74, 6) is 0. The first-order valence-corrected chi connectivity index (χ1v) is 6.22. The van der Waals surface area contributed by atoms with Gasteiger partial charge in [0, 0.05) is 20.3 Å². The van der Waals surface area contributed by atoms with Crippen LogP contribution in [0.25, 0.3) is 10.9 Å². The summed E-state index contributed by atoms with van der Waals surface area (Å²) in [5.41, 5.74) is 0.523. The number of ether oxygens (including phenoxy) is 1. The predicted molar refractivity (Wildman–Crippen MR) is 72.9 cm³/mol. The number of nitrogens with zero attached hydrogens (tertiary/aromatic N) is 4. The Kier molecular flexibility index (Phi) is 4.59. The highest BCUT2D eigenvalue weighted by Crippen LogP contribution is 2.03. The molecule has 0 amide bonds. The Hall–Kier alpha value is -1.79. The molecule has 0 aliphatic rings. The van der Waals surface area contributed by atoms with Crippen LogP contribution in [0.15, 0.2) is 29.1 Å². The van der Waals surface area contributed by atoms with Gasteiger partial charge in [0.15, 0.2) is 0 Å². The van der Waals surface area contributed by atoms with E-state index < -0.39 is 0 Å². The second kappa shape index (κ2) is 6.40. The average Bonchev–Trinajstić information content (AvgIpc) is 2.43. The van der Waals surface area contributed by atoms with E-state index in [9.17, 15) is 4.79 Å². The van der Waals surface area contributed by atoms with Crippen LogP contribution in [0.3, 0.4) is 0 Å². The molecule has 0 aliphatic carbocycles. The van der Waals surface area contributed by atoms with Crippen LogP contribution in [0.4, 0.5) is 0 Å². The van der Waals surface area contributed by atoms with Gasteiger partial charge in [-0.15, -0.1) is 5.10 Å². The van der Waals surface area contributed by atoms with E-state index in [2.05, 4.69) is 10.3 Å². The van der Waals surface area contributed by atoms with Gasteiger partial charge in [-0.2, -0.15) is 4.68 Å². The average molecular weight is 262 g/mol. The van der Waals surface area contributed by atoms with Gasteiger partial charge in [0.25, 0.3) is 5.56 Å². The Morgan fingerprint density at radius 1 is 1.37 bits per heavy atom. The number of fused-ring (bicyclic) bond motifs is 1. The molecule has 1 heterocycles. The molecule has 0 N–H and O–H groups in total. The van der Waals surface area contributed by atoms with E-state index in [0.29, 0.717) is 24.2 Å². The standard InChI is InChI=1S/C13H18N4O2/c1-16(8-5-9-19-2)10-17-13(18)11-6-3-4-7-12(11)14-15-17/h3-4,6-7H,5,8-10H2,1-2H3. The van der Waals surface area contributed by atoms with Gasteiger partial charge in [-0.25, -0.2) is 0 Å². The minimum Gasteiger partial charge on any atom is -0.385 e. The summed E-state index contributed by atoms with van der Waals surface area (Å²) < 4.78 is 6.38. The first-order valence-electron chi connectivity index (χ1n) is 6.22. The zero-order valence-corrected chi connectivity index (χ0v) is 11.2. The normalized spacial score (nSPS) is 11.3. The van der Waals surface area contributed by atoms with Crippen LogP contribution in [-0.2, 0) is 11.4 Å². The van der Waals surface area contributed by atoms with E-state index in [1.54, 1.807) is 19.2 Å². The Morgan fingerprint density at radius 3 is 2.95 bits per heavy atom. The molecule has 1 aromatic heterocycles. The Bertz CT molecular complexity index is 596. The number of methoxy groups -OCH3 is 1. The van der Waals surface area contributed by atoms with E-state index in [4.69, 9.17) is 4.74 Å².